The lowest BCUT2D eigenvalue weighted by molar-refractivity contribution is 0.0655. The molecule has 3 rings (SSSR count). The van der Waals surface area contributed by atoms with Gasteiger partial charge in [0.1, 0.15) is 10.8 Å². The molecule has 1 aliphatic heterocycles. The third-order valence-corrected chi connectivity index (χ3v) is 4.22. The van der Waals surface area contributed by atoms with Gasteiger partial charge in [-0.15, -0.1) is 5.10 Å². The Morgan fingerprint density at radius 1 is 1.43 bits per heavy atom. The maximum Gasteiger partial charge on any atom is 0.276 e. The zero-order valence-electron chi connectivity index (χ0n) is 12.9. The van der Waals surface area contributed by atoms with Crippen molar-refractivity contribution in [2.24, 2.45) is 13.0 Å². The van der Waals surface area contributed by atoms with Crippen LogP contribution in [0.2, 0.25) is 5.02 Å². The smallest absolute Gasteiger partial charge is 0.276 e. The molecule has 7 nitrogen and oxygen atoms in total. The summed E-state index contributed by atoms with van der Waals surface area (Å²) in [5.74, 6) is 1.000. The van der Waals surface area contributed by atoms with Crippen molar-refractivity contribution < 1.29 is 9.53 Å². The summed E-state index contributed by atoms with van der Waals surface area (Å²) in [4.78, 5) is 18.0. The number of aromatic nitrogens is 4. The fourth-order valence-corrected chi connectivity index (χ4v) is 2.77. The van der Waals surface area contributed by atoms with Gasteiger partial charge in [0, 0.05) is 38.6 Å². The Labute approximate surface area is 139 Å². The molecule has 1 fully saturated rings. The molecule has 0 spiro atoms. The van der Waals surface area contributed by atoms with Crippen LogP contribution in [0.5, 0.6) is 5.75 Å². The van der Waals surface area contributed by atoms with Crippen molar-refractivity contribution in [1.82, 2.24) is 24.9 Å². The number of piperidine rings is 1. The van der Waals surface area contributed by atoms with Crippen LogP contribution in [0.1, 0.15) is 23.3 Å². The molecule has 1 amide bonds. The van der Waals surface area contributed by atoms with Crippen molar-refractivity contribution in [2.45, 2.75) is 12.8 Å². The van der Waals surface area contributed by atoms with E-state index in [4.69, 9.17) is 16.3 Å². The molecule has 0 saturated carbocycles. The number of pyridine rings is 1. The lowest BCUT2D eigenvalue weighted by Crippen LogP contribution is -2.39. The Kier molecular flexibility index (Phi) is 4.76. The quantitative estimate of drug-likeness (QED) is 0.851. The molecule has 0 atom stereocenters. The topological polar surface area (TPSA) is 73.1 Å². The van der Waals surface area contributed by atoms with Crippen LogP contribution in [-0.2, 0) is 7.05 Å². The molecule has 8 heteroatoms. The predicted molar refractivity (Wildman–Crippen MR) is 84.4 cm³/mol. The summed E-state index contributed by atoms with van der Waals surface area (Å²) >= 11 is 6.02. The van der Waals surface area contributed by atoms with Crippen LogP contribution < -0.4 is 4.74 Å². The van der Waals surface area contributed by atoms with Crippen molar-refractivity contribution in [3.8, 4) is 5.75 Å². The van der Waals surface area contributed by atoms with E-state index in [1.165, 1.54) is 4.68 Å². The molecule has 0 aliphatic carbocycles. The molecule has 0 bridgehead atoms. The third-order valence-electron chi connectivity index (χ3n) is 3.93. The largest absolute Gasteiger partial charge is 0.492 e. The second kappa shape index (κ2) is 6.95. The first-order valence-corrected chi connectivity index (χ1v) is 7.89. The molecule has 0 radical (unpaired) electrons. The highest BCUT2D eigenvalue weighted by molar-refractivity contribution is 6.31. The molecule has 122 valence electrons. The Balaban J connectivity index is 1.49. The average molecular weight is 336 g/mol. The summed E-state index contributed by atoms with van der Waals surface area (Å²) in [5.41, 5.74) is 0.394. The third kappa shape index (κ3) is 3.79. The van der Waals surface area contributed by atoms with E-state index in [-0.39, 0.29) is 5.91 Å². The molecular weight excluding hydrogens is 318 g/mol. The lowest BCUT2D eigenvalue weighted by atomic mass is 9.97. The molecule has 1 aliphatic rings. The SMILES string of the molecule is Cn1cc(C(=O)N2CCC(COc3ccncc3Cl)CC2)nn1. The highest BCUT2D eigenvalue weighted by Crippen LogP contribution is 2.25. The average Bonchev–Trinajstić information content (AvgIpc) is 3.00. The van der Waals surface area contributed by atoms with Gasteiger partial charge in [0.25, 0.3) is 5.91 Å². The van der Waals surface area contributed by atoms with Crippen LogP contribution in [0.4, 0.5) is 0 Å². The number of aryl methyl sites for hydroxylation is 1. The van der Waals surface area contributed by atoms with Crippen LogP contribution in [0.3, 0.4) is 0 Å². The summed E-state index contributed by atoms with van der Waals surface area (Å²) in [6.45, 7) is 2.00. The first-order chi connectivity index (χ1) is 11.1. The maximum absolute atomic E-state index is 12.3. The van der Waals surface area contributed by atoms with Crippen molar-refractivity contribution in [1.29, 1.82) is 0 Å². The Hall–Kier alpha value is -2.15. The minimum absolute atomic E-state index is 0.0605. The van der Waals surface area contributed by atoms with Gasteiger partial charge in [-0.3, -0.25) is 14.5 Å². The summed E-state index contributed by atoms with van der Waals surface area (Å²) in [5, 5.41) is 8.19. The fraction of sp³-hybridized carbons (Fsp3) is 0.467. The Morgan fingerprint density at radius 3 is 2.87 bits per heavy atom. The van der Waals surface area contributed by atoms with Crippen LogP contribution in [0.25, 0.3) is 0 Å². The minimum Gasteiger partial charge on any atom is -0.492 e. The van der Waals surface area contributed by atoms with Gasteiger partial charge in [-0.2, -0.15) is 0 Å². The molecular formula is C15H18ClN5O2. The van der Waals surface area contributed by atoms with Gasteiger partial charge in [-0.1, -0.05) is 16.8 Å². The van der Waals surface area contributed by atoms with Gasteiger partial charge >= 0.3 is 0 Å². The van der Waals surface area contributed by atoms with Crippen molar-refractivity contribution >= 4 is 17.5 Å². The Bertz CT molecular complexity index is 682. The summed E-state index contributed by atoms with van der Waals surface area (Å²) in [6, 6.07) is 1.76. The lowest BCUT2D eigenvalue weighted by Gasteiger charge is -2.31. The van der Waals surface area contributed by atoms with Crippen molar-refractivity contribution in [3.63, 3.8) is 0 Å². The summed E-state index contributed by atoms with van der Waals surface area (Å²) < 4.78 is 7.29. The number of halogens is 1. The standard InChI is InChI=1S/C15H18ClN5O2/c1-20-9-13(18-19-20)15(22)21-6-3-11(4-7-21)10-23-14-2-5-17-8-12(14)16/h2,5,8-9,11H,3-4,6-7,10H2,1H3. The number of hydrogen-bond donors (Lipinski definition) is 0. The predicted octanol–water partition coefficient (Wildman–Crippen LogP) is 1.79. The maximum atomic E-state index is 12.3. The number of rotatable bonds is 4. The van der Waals surface area contributed by atoms with Crippen LogP contribution in [-0.4, -0.2) is 50.5 Å². The number of ether oxygens (including phenoxy) is 1. The first kappa shape index (κ1) is 15.7. The number of nitrogens with zero attached hydrogens (tertiary/aromatic N) is 5. The highest BCUT2D eigenvalue weighted by atomic mass is 35.5. The van der Waals surface area contributed by atoms with Crippen LogP contribution in [0, 0.1) is 5.92 Å². The monoisotopic (exact) mass is 335 g/mol. The van der Waals surface area contributed by atoms with Crippen molar-refractivity contribution in [3.05, 3.63) is 35.4 Å². The molecule has 0 unspecified atom stereocenters. The van der Waals surface area contributed by atoms with Gasteiger partial charge < -0.3 is 9.64 Å². The second-order valence-corrected chi connectivity index (χ2v) is 6.04. The number of likely N-dealkylation sites (tertiary alicyclic amines) is 1. The van der Waals surface area contributed by atoms with Gasteiger partial charge in [0.05, 0.1) is 12.8 Å². The van der Waals surface area contributed by atoms with E-state index in [1.54, 1.807) is 31.7 Å². The summed E-state index contributed by atoms with van der Waals surface area (Å²) in [6.07, 6.45) is 6.66. The highest BCUT2D eigenvalue weighted by Gasteiger charge is 2.25. The number of carbonyl (C=O) groups is 1. The zero-order valence-corrected chi connectivity index (χ0v) is 13.6. The zero-order chi connectivity index (χ0) is 16.2. The Morgan fingerprint density at radius 2 is 2.22 bits per heavy atom. The number of carbonyl (C=O) groups excluding carboxylic acids is 1. The van der Waals surface area contributed by atoms with E-state index in [2.05, 4.69) is 15.3 Å². The number of hydrogen-bond acceptors (Lipinski definition) is 5. The van der Waals surface area contributed by atoms with E-state index in [1.807, 2.05) is 4.90 Å². The number of amides is 1. The second-order valence-electron chi connectivity index (χ2n) is 5.63. The first-order valence-electron chi connectivity index (χ1n) is 7.51. The van der Waals surface area contributed by atoms with E-state index in [0.717, 1.165) is 12.8 Å². The van der Waals surface area contributed by atoms with E-state index in [0.29, 0.717) is 42.1 Å². The molecule has 2 aromatic heterocycles. The van der Waals surface area contributed by atoms with E-state index < -0.39 is 0 Å². The van der Waals surface area contributed by atoms with Crippen molar-refractivity contribution in [2.75, 3.05) is 19.7 Å². The molecule has 0 aromatic carbocycles. The van der Waals surface area contributed by atoms with Gasteiger partial charge in [0.2, 0.25) is 0 Å². The summed E-state index contributed by atoms with van der Waals surface area (Å²) in [7, 11) is 1.75. The van der Waals surface area contributed by atoms with Crippen LogP contribution >= 0.6 is 11.6 Å². The molecule has 23 heavy (non-hydrogen) atoms. The fourth-order valence-electron chi connectivity index (χ4n) is 2.60. The molecule has 0 N–H and O–H groups in total. The minimum atomic E-state index is -0.0605. The molecule has 2 aromatic rings. The normalized spacial score (nSPS) is 15.7. The van der Waals surface area contributed by atoms with Crippen LogP contribution in [0.15, 0.2) is 24.7 Å². The van der Waals surface area contributed by atoms with Gasteiger partial charge in [0.15, 0.2) is 5.69 Å². The molecule has 3 heterocycles. The van der Waals surface area contributed by atoms with E-state index in [9.17, 15) is 4.79 Å². The van der Waals surface area contributed by atoms with Gasteiger partial charge in [-0.25, -0.2) is 0 Å². The molecule has 1 saturated heterocycles. The van der Waals surface area contributed by atoms with Gasteiger partial charge in [-0.05, 0) is 18.8 Å². The van der Waals surface area contributed by atoms with E-state index >= 15 is 0 Å².